The molecule has 7 nitrogen and oxygen atoms in total. The first-order valence-electron chi connectivity index (χ1n) is 13.3. The van der Waals surface area contributed by atoms with E-state index in [2.05, 4.69) is 20.8 Å². The van der Waals surface area contributed by atoms with Crippen LogP contribution < -0.4 is 5.32 Å². The molecular formula is C25H53NO6P+. The van der Waals surface area contributed by atoms with Crippen LogP contribution in [0.25, 0.3) is 0 Å². The van der Waals surface area contributed by atoms with Crippen LogP contribution in [0.15, 0.2) is 0 Å². The summed E-state index contributed by atoms with van der Waals surface area (Å²) in [5.74, 6) is 1.07. The van der Waals surface area contributed by atoms with Crippen LogP contribution in [0.4, 0.5) is 0 Å². The lowest BCUT2D eigenvalue weighted by molar-refractivity contribution is -0.622. The Labute approximate surface area is 203 Å². The SMILES string of the molecule is CCCCCCCCCCCCC(C)CC(C)COCC(COP(=O)(O)CC[NH2+]C)OC=O. The van der Waals surface area contributed by atoms with Crippen LogP contribution >= 0.6 is 7.60 Å². The van der Waals surface area contributed by atoms with Gasteiger partial charge in [0.15, 0.2) is 0 Å². The molecule has 0 aliphatic rings. The first-order valence-corrected chi connectivity index (χ1v) is 15.0. The minimum Gasteiger partial charge on any atom is -0.460 e. The van der Waals surface area contributed by atoms with Gasteiger partial charge in [0.2, 0.25) is 0 Å². The number of carbonyl (C=O) groups is 1. The fraction of sp³-hybridized carbons (Fsp3) is 0.960. The molecule has 4 atom stereocenters. The standard InChI is InChI=1S/C25H52NO6P/c1-5-6-7-8-9-10-11-12-13-14-15-23(2)18-24(3)19-30-20-25(31-22-27)21-32-33(28,29)17-16-26-4/h22-26H,5-21H2,1-4H3,(H,28,29)/p+1. The second-order valence-corrected chi connectivity index (χ2v) is 11.6. The minimum atomic E-state index is -3.67. The number of nitrogens with two attached hydrogens (primary N) is 1. The number of hydrogen-bond donors (Lipinski definition) is 2. The minimum absolute atomic E-state index is 0.0616. The molecule has 0 amide bonds. The molecule has 0 aromatic rings. The van der Waals surface area contributed by atoms with Crippen LogP contribution in [0.2, 0.25) is 0 Å². The van der Waals surface area contributed by atoms with Crippen molar-refractivity contribution in [2.24, 2.45) is 11.8 Å². The molecule has 33 heavy (non-hydrogen) atoms. The molecule has 0 spiro atoms. The summed E-state index contributed by atoms with van der Waals surface area (Å²) in [7, 11) is -1.84. The Morgan fingerprint density at radius 1 is 0.909 bits per heavy atom. The molecule has 3 N–H and O–H groups in total. The second-order valence-electron chi connectivity index (χ2n) is 9.66. The third kappa shape index (κ3) is 21.8. The van der Waals surface area contributed by atoms with Gasteiger partial charge in [0.05, 0.1) is 33.0 Å². The van der Waals surface area contributed by atoms with Crippen LogP contribution in [0.1, 0.15) is 97.8 Å². The summed E-state index contributed by atoms with van der Waals surface area (Å²) in [6.07, 6.45) is 15.4. The predicted molar refractivity (Wildman–Crippen MR) is 135 cm³/mol. The molecule has 4 unspecified atom stereocenters. The monoisotopic (exact) mass is 494 g/mol. The predicted octanol–water partition coefficient (Wildman–Crippen LogP) is 4.91. The maximum absolute atomic E-state index is 11.9. The molecule has 0 rings (SSSR count). The van der Waals surface area contributed by atoms with E-state index in [9.17, 15) is 14.3 Å². The van der Waals surface area contributed by atoms with Gasteiger partial charge in [-0.05, 0) is 18.3 Å². The summed E-state index contributed by atoms with van der Waals surface area (Å²) in [5, 5.41) is 1.81. The molecule has 0 aliphatic carbocycles. The first kappa shape index (κ1) is 32.5. The summed E-state index contributed by atoms with van der Waals surface area (Å²) in [5.41, 5.74) is 0. The largest absolute Gasteiger partial charge is 0.460 e. The van der Waals surface area contributed by atoms with E-state index in [4.69, 9.17) is 14.0 Å². The van der Waals surface area contributed by atoms with Crippen molar-refractivity contribution in [3.05, 3.63) is 0 Å². The molecule has 8 heteroatoms. The lowest BCUT2D eigenvalue weighted by Crippen LogP contribution is -2.80. The van der Waals surface area contributed by atoms with Gasteiger partial charge in [-0.25, -0.2) is 0 Å². The van der Waals surface area contributed by atoms with Gasteiger partial charge in [0.25, 0.3) is 6.47 Å². The van der Waals surface area contributed by atoms with E-state index in [1.54, 1.807) is 0 Å². The molecular weight excluding hydrogens is 441 g/mol. The van der Waals surface area contributed by atoms with E-state index >= 15 is 0 Å². The average molecular weight is 495 g/mol. The zero-order chi connectivity index (χ0) is 24.8. The molecule has 0 aromatic heterocycles. The van der Waals surface area contributed by atoms with E-state index in [0.717, 1.165) is 6.42 Å². The molecule has 0 aliphatic heterocycles. The van der Waals surface area contributed by atoms with E-state index in [0.29, 0.717) is 31.5 Å². The highest BCUT2D eigenvalue weighted by atomic mass is 31.2. The van der Waals surface area contributed by atoms with Gasteiger partial charge in [0.1, 0.15) is 6.10 Å². The van der Waals surface area contributed by atoms with Crippen LogP contribution in [0.5, 0.6) is 0 Å². The summed E-state index contributed by atoms with van der Waals surface area (Å²) in [6.45, 7) is 8.17. The maximum atomic E-state index is 11.9. The highest BCUT2D eigenvalue weighted by Crippen LogP contribution is 2.40. The molecule has 0 fully saturated rings. The average Bonchev–Trinajstić information content (AvgIpc) is 2.77. The second kappa shape index (κ2) is 22.0. The van der Waals surface area contributed by atoms with Crippen molar-refractivity contribution in [1.82, 2.24) is 0 Å². The van der Waals surface area contributed by atoms with Crippen molar-refractivity contribution in [3.63, 3.8) is 0 Å². The molecule has 198 valence electrons. The Morgan fingerprint density at radius 3 is 2.09 bits per heavy atom. The molecule has 0 radical (unpaired) electrons. The normalized spacial score (nSPS) is 16.2. The molecule has 0 saturated heterocycles. The van der Waals surface area contributed by atoms with Crippen molar-refractivity contribution >= 4 is 14.1 Å². The van der Waals surface area contributed by atoms with Gasteiger partial charge in [-0.1, -0.05) is 91.4 Å². The van der Waals surface area contributed by atoms with Crippen molar-refractivity contribution in [3.8, 4) is 0 Å². The quantitative estimate of drug-likeness (QED) is 0.106. The van der Waals surface area contributed by atoms with Crippen molar-refractivity contribution in [2.75, 3.05) is 39.6 Å². The lowest BCUT2D eigenvalue weighted by atomic mass is 9.93. The fourth-order valence-corrected chi connectivity index (χ4v) is 5.13. The highest BCUT2D eigenvalue weighted by Gasteiger charge is 2.23. The van der Waals surface area contributed by atoms with Gasteiger partial charge < -0.3 is 24.2 Å². The van der Waals surface area contributed by atoms with E-state index < -0.39 is 13.7 Å². The van der Waals surface area contributed by atoms with Gasteiger partial charge in [0, 0.05) is 6.61 Å². The number of quaternary nitrogens is 1. The third-order valence-electron chi connectivity index (χ3n) is 5.97. The summed E-state index contributed by atoms with van der Waals surface area (Å²) < 4.78 is 27.7. The van der Waals surface area contributed by atoms with Crippen LogP contribution in [-0.4, -0.2) is 57.0 Å². The van der Waals surface area contributed by atoms with Crippen molar-refractivity contribution in [2.45, 2.75) is 104 Å². The van der Waals surface area contributed by atoms with E-state index in [-0.39, 0.29) is 19.4 Å². The van der Waals surface area contributed by atoms with Gasteiger partial charge in [-0.3, -0.25) is 9.36 Å². The Morgan fingerprint density at radius 2 is 1.52 bits per heavy atom. The number of ether oxygens (including phenoxy) is 2. The lowest BCUT2D eigenvalue weighted by Gasteiger charge is -2.20. The smallest absolute Gasteiger partial charge is 0.333 e. The van der Waals surface area contributed by atoms with Crippen molar-refractivity contribution in [1.29, 1.82) is 0 Å². The topological polar surface area (TPSA) is 98.7 Å². The Balaban J connectivity index is 3.85. The van der Waals surface area contributed by atoms with Gasteiger partial charge >= 0.3 is 7.60 Å². The number of rotatable bonds is 25. The summed E-state index contributed by atoms with van der Waals surface area (Å²) >= 11 is 0. The Kier molecular flexibility index (Phi) is 21.7. The molecule has 0 aromatic carbocycles. The molecule has 0 saturated carbocycles. The van der Waals surface area contributed by atoms with E-state index in [1.807, 2.05) is 12.4 Å². The first-order chi connectivity index (χ1) is 15.8. The highest BCUT2D eigenvalue weighted by molar-refractivity contribution is 7.52. The van der Waals surface area contributed by atoms with Crippen molar-refractivity contribution < 1.29 is 33.6 Å². The number of hydrogen-bond acceptors (Lipinski definition) is 5. The summed E-state index contributed by atoms with van der Waals surface area (Å²) in [4.78, 5) is 20.5. The number of unbranched alkanes of at least 4 members (excludes halogenated alkanes) is 9. The summed E-state index contributed by atoms with van der Waals surface area (Å²) in [6, 6.07) is 0. The van der Waals surface area contributed by atoms with Crippen LogP contribution in [-0.2, 0) is 23.4 Å². The third-order valence-corrected chi connectivity index (χ3v) is 7.35. The van der Waals surface area contributed by atoms with Crippen LogP contribution in [0.3, 0.4) is 0 Å². The van der Waals surface area contributed by atoms with Crippen LogP contribution in [0, 0.1) is 11.8 Å². The fourth-order valence-electron chi connectivity index (χ4n) is 4.02. The Hall–Kier alpha value is -0.460. The zero-order valence-electron chi connectivity index (χ0n) is 21.8. The van der Waals surface area contributed by atoms with Gasteiger partial charge in [-0.15, -0.1) is 0 Å². The Bertz CT molecular complexity index is 494. The number of carbonyl (C=O) groups excluding carboxylic acids is 1. The maximum Gasteiger partial charge on any atom is 0.333 e. The van der Waals surface area contributed by atoms with E-state index in [1.165, 1.54) is 70.6 Å². The van der Waals surface area contributed by atoms with Gasteiger partial charge in [-0.2, -0.15) is 0 Å². The molecule has 0 bridgehead atoms. The zero-order valence-corrected chi connectivity index (χ0v) is 22.7. The molecule has 0 heterocycles.